The second-order valence-electron chi connectivity index (χ2n) is 3.78. The van der Waals surface area contributed by atoms with Crippen LogP contribution in [0.3, 0.4) is 0 Å². The number of anilines is 1. The normalized spacial score (nSPS) is 16.3. The number of benzene rings is 1. The molecule has 0 aliphatic heterocycles. The van der Waals surface area contributed by atoms with Crippen LogP contribution in [0.2, 0.25) is 5.02 Å². The van der Waals surface area contributed by atoms with Gasteiger partial charge >= 0.3 is 0 Å². The average Bonchev–Trinajstić information content (AvgIpc) is 3.04. The summed E-state index contributed by atoms with van der Waals surface area (Å²) < 4.78 is 0.716. The number of carbonyl (C=O) groups is 1. The molecule has 0 spiro atoms. The zero-order chi connectivity index (χ0) is 11.8. The molecule has 1 amide bonds. The summed E-state index contributed by atoms with van der Waals surface area (Å²) in [5.41, 5.74) is -0.158. The zero-order valence-electron chi connectivity index (χ0n) is 8.26. The predicted octanol–water partition coefficient (Wildman–Crippen LogP) is 3.34. The first-order chi connectivity index (χ1) is 7.57. The van der Waals surface area contributed by atoms with Gasteiger partial charge in [0, 0.05) is 10.2 Å². The second kappa shape index (κ2) is 4.08. The third kappa shape index (κ3) is 2.06. The van der Waals surface area contributed by atoms with Crippen LogP contribution in [0.25, 0.3) is 0 Å². The Kier molecular flexibility index (Phi) is 2.92. The molecule has 3 nitrogen and oxygen atoms in total. The molecule has 1 fully saturated rings. The lowest BCUT2D eigenvalue weighted by molar-refractivity contribution is -0.119. The Morgan fingerprint density at radius 3 is 2.75 bits per heavy atom. The van der Waals surface area contributed by atoms with E-state index in [9.17, 15) is 4.79 Å². The molecule has 1 aromatic carbocycles. The molecule has 1 saturated carbocycles. The van der Waals surface area contributed by atoms with E-state index in [2.05, 4.69) is 21.2 Å². The molecule has 0 radical (unpaired) electrons. The monoisotopic (exact) mass is 298 g/mol. The lowest BCUT2D eigenvalue weighted by Gasteiger charge is -2.08. The summed E-state index contributed by atoms with van der Waals surface area (Å²) in [6, 6.07) is 7.16. The highest BCUT2D eigenvalue weighted by atomic mass is 79.9. The molecule has 1 aliphatic rings. The van der Waals surface area contributed by atoms with Crippen molar-refractivity contribution >= 4 is 39.1 Å². The Morgan fingerprint density at radius 1 is 1.56 bits per heavy atom. The van der Waals surface area contributed by atoms with Crippen molar-refractivity contribution in [3.8, 4) is 6.07 Å². The molecule has 1 aromatic rings. The van der Waals surface area contributed by atoms with Crippen molar-refractivity contribution in [2.45, 2.75) is 12.8 Å². The highest BCUT2D eigenvalue weighted by Gasteiger charge is 2.50. The maximum absolute atomic E-state index is 11.7. The van der Waals surface area contributed by atoms with Gasteiger partial charge in [-0.05, 0) is 47.0 Å². The molecule has 16 heavy (non-hydrogen) atoms. The van der Waals surface area contributed by atoms with Crippen LogP contribution in [0, 0.1) is 16.7 Å². The van der Waals surface area contributed by atoms with Gasteiger partial charge in [-0.25, -0.2) is 0 Å². The fourth-order valence-electron chi connectivity index (χ4n) is 1.34. The molecule has 0 bridgehead atoms. The standard InChI is InChI=1S/C11H8BrClN2O/c12-8-5-7(1-2-9(8)13)15-10(16)11(6-14)3-4-11/h1-2,5H,3-4H2,(H,15,16). The van der Waals surface area contributed by atoms with Crippen molar-refractivity contribution in [1.29, 1.82) is 5.26 Å². The van der Waals surface area contributed by atoms with Crippen molar-refractivity contribution in [3.05, 3.63) is 27.7 Å². The molecule has 5 heteroatoms. The van der Waals surface area contributed by atoms with Crippen LogP contribution in [0.1, 0.15) is 12.8 Å². The van der Waals surface area contributed by atoms with Gasteiger partial charge in [0.05, 0.1) is 11.1 Å². The third-order valence-electron chi connectivity index (χ3n) is 2.58. The van der Waals surface area contributed by atoms with Crippen LogP contribution in [0.4, 0.5) is 5.69 Å². The molecule has 0 heterocycles. The van der Waals surface area contributed by atoms with E-state index >= 15 is 0 Å². The Labute approximate surface area is 107 Å². The van der Waals surface area contributed by atoms with Crippen LogP contribution < -0.4 is 5.32 Å². The summed E-state index contributed by atoms with van der Waals surface area (Å²) in [5.74, 6) is -0.232. The fourth-order valence-corrected chi connectivity index (χ4v) is 1.84. The minimum Gasteiger partial charge on any atom is -0.325 e. The van der Waals surface area contributed by atoms with E-state index in [1.54, 1.807) is 18.2 Å². The van der Waals surface area contributed by atoms with Crippen LogP contribution in [-0.2, 0) is 4.79 Å². The van der Waals surface area contributed by atoms with E-state index < -0.39 is 5.41 Å². The van der Waals surface area contributed by atoms with Gasteiger partial charge in [0.2, 0.25) is 5.91 Å². The second-order valence-corrected chi connectivity index (χ2v) is 5.04. The van der Waals surface area contributed by atoms with Gasteiger partial charge in [-0.1, -0.05) is 11.6 Å². The average molecular weight is 300 g/mol. The Morgan fingerprint density at radius 2 is 2.25 bits per heavy atom. The minimum atomic E-state index is -0.799. The van der Waals surface area contributed by atoms with Crippen molar-refractivity contribution in [3.63, 3.8) is 0 Å². The summed E-state index contributed by atoms with van der Waals surface area (Å²) >= 11 is 9.11. The fraction of sp³-hybridized carbons (Fsp3) is 0.273. The number of carbonyl (C=O) groups excluding carboxylic acids is 1. The summed E-state index contributed by atoms with van der Waals surface area (Å²) in [6.45, 7) is 0. The van der Waals surface area contributed by atoms with Gasteiger partial charge in [0.1, 0.15) is 5.41 Å². The van der Waals surface area contributed by atoms with Gasteiger partial charge in [-0.3, -0.25) is 4.79 Å². The molecule has 0 aromatic heterocycles. The lowest BCUT2D eigenvalue weighted by atomic mass is 10.1. The summed E-state index contributed by atoms with van der Waals surface area (Å²) in [7, 11) is 0. The number of nitriles is 1. The molecule has 82 valence electrons. The summed E-state index contributed by atoms with van der Waals surface area (Å²) in [4.78, 5) is 11.7. The highest BCUT2D eigenvalue weighted by Crippen LogP contribution is 2.45. The third-order valence-corrected chi connectivity index (χ3v) is 3.79. The highest BCUT2D eigenvalue weighted by molar-refractivity contribution is 9.10. The van der Waals surface area contributed by atoms with Crippen LogP contribution >= 0.6 is 27.5 Å². The van der Waals surface area contributed by atoms with Crippen molar-refractivity contribution in [2.75, 3.05) is 5.32 Å². The molecule has 0 unspecified atom stereocenters. The van der Waals surface area contributed by atoms with E-state index in [4.69, 9.17) is 16.9 Å². The molecular weight excluding hydrogens is 291 g/mol. The van der Waals surface area contributed by atoms with Gasteiger partial charge in [0.15, 0.2) is 0 Å². The maximum atomic E-state index is 11.7. The van der Waals surface area contributed by atoms with Crippen molar-refractivity contribution in [1.82, 2.24) is 0 Å². The van der Waals surface area contributed by atoms with Crippen molar-refractivity contribution in [2.24, 2.45) is 5.41 Å². The van der Waals surface area contributed by atoms with E-state index in [0.29, 0.717) is 28.0 Å². The molecule has 1 aliphatic carbocycles. The van der Waals surface area contributed by atoms with Gasteiger partial charge < -0.3 is 5.32 Å². The Balaban J connectivity index is 2.13. The van der Waals surface area contributed by atoms with E-state index in [-0.39, 0.29) is 5.91 Å². The zero-order valence-corrected chi connectivity index (χ0v) is 10.6. The van der Waals surface area contributed by atoms with Crippen LogP contribution in [0.15, 0.2) is 22.7 Å². The predicted molar refractivity (Wildman–Crippen MR) is 65.1 cm³/mol. The smallest absolute Gasteiger partial charge is 0.244 e. The first kappa shape index (κ1) is 11.4. The summed E-state index contributed by atoms with van der Waals surface area (Å²) in [6.07, 6.45) is 1.29. The number of nitrogens with one attached hydrogen (secondary N) is 1. The van der Waals surface area contributed by atoms with Gasteiger partial charge in [0.25, 0.3) is 0 Å². The van der Waals surface area contributed by atoms with E-state index in [1.807, 2.05) is 6.07 Å². The number of hydrogen-bond acceptors (Lipinski definition) is 2. The number of hydrogen-bond donors (Lipinski definition) is 1. The van der Waals surface area contributed by atoms with Gasteiger partial charge in [-0.2, -0.15) is 5.26 Å². The number of halogens is 2. The largest absolute Gasteiger partial charge is 0.325 e. The van der Waals surface area contributed by atoms with E-state index in [1.165, 1.54) is 0 Å². The molecule has 2 rings (SSSR count). The minimum absolute atomic E-state index is 0.232. The van der Waals surface area contributed by atoms with Crippen molar-refractivity contribution < 1.29 is 4.79 Å². The molecular formula is C11H8BrClN2O. The quantitative estimate of drug-likeness (QED) is 0.910. The number of amides is 1. The van der Waals surface area contributed by atoms with Crippen LogP contribution in [-0.4, -0.2) is 5.91 Å². The lowest BCUT2D eigenvalue weighted by Crippen LogP contribution is -2.22. The molecule has 1 N–H and O–H groups in total. The van der Waals surface area contributed by atoms with E-state index in [0.717, 1.165) is 0 Å². The SMILES string of the molecule is N#CC1(C(=O)Nc2ccc(Cl)c(Br)c2)CC1. The molecule has 0 saturated heterocycles. The maximum Gasteiger partial charge on any atom is 0.244 e. The first-order valence-electron chi connectivity index (χ1n) is 4.75. The van der Waals surface area contributed by atoms with Gasteiger partial charge in [-0.15, -0.1) is 0 Å². The summed E-state index contributed by atoms with van der Waals surface area (Å²) in [5, 5.41) is 12.2. The van der Waals surface area contributed by atoms with Crippen LogP contribution in [0.5, 0.6) is 0 Å². The topological polar surface area (TPSA) is 52.9 Å². The number of rotatable bonds is 2. The Hall–Kier alpha value is -1.05. The first-order valence-corrected chi connectivity index (χ1v) is 5.92. The number of nitrogens with zero attached hydrogens (tertiary/aromatic N) is 1. The molecule has 0 atom stereocenters. The Bertz CT molecular complexity index is 491.